The molecule has 1 aliphatic carbocycles. The highest BCUT2D eigenvalue weighted by molar-refractivity contribution is 7.90. The van der Waals surface area contributed by atoms with Crippen molar-refractivity contribution in [2.24, 2.45) is 5.92 Å². The fourth-order valence-electron chi connectivity index (χ4n) is 2.89. The molecule has 2 rings (SSSR count). The molecule has 0 saturated heterocycles. The lowest BCUT2D eigenvalue weighted by Gasteiger charge is -2.33. The highest BCUT2D eigenvalue weighted by atomic mass is 32.2. The van der Waals surface area contributed by atoms with Gasteiger partial charge in [0.05, 0.1) is 5.75 Å². The Morgan fingerprint density at radius 1 is 1.33 bits per heavy atom. The molecule has 0 saturated carbocycles. The van der Waals surface area contributed by atoms with Crippen molar-refractivity contribution < 1.29 is 8.42 Å². The van der Waals surface area contributed by atoms with Gasteiger partial charge in [-0.1, -0.05) is 24.3 Å². The van der Waals surface area contributed by atoms with E-state index >= 15 is 0 Å². The molecule has 0 aliphatic heterocycles. The summed E-state index contributed by atoms with van der Waals surface area (Å²) in [5.74, 6) is 0.706. The Morgan fingerprint density at radius 2 is 2.06 bits per heavy atom. The molecule has 18 heavy (non-hydrogen) atoms. The Balaban J connectivity index is 2.15. The van der Waals surface area contributed by atoms with Crippen molar-refractivity contribution in [3.8, 4) is 0 Å². The molecule has 100 valence electrons. The lowest BCUT2D eigenvalue weighted by atomic mass is 9.78. The minimum atomic E-state index is -2.86. The number of fused-ring (bicyclic) bond motifs is 1. The predicted molar refractivity (Wildman–Crippen MR) is 74.4 cm³/mol. The number of aryl methyl sites for hydroxylation is 1. The molecular weight excluding hydrogens is 246 g/mol. The normalized spacial score (nSPS) is 23.7. The Morgan fingerprint density at radius 3 is 2.72 bits per heavy atom. The van der Waals surface area contributed by atoms with Crippen molar-refractivity contribution in [3.63, 3.8) is 0 Å². The van der Waals surface area contributed by atoms with Gasteiger partial charge in [-0.3, -0.25) is 0 Å². The second kappa shape index (κ2) is 5.41. The van der Waals surface area contributed by atoms with Crippen LogP contribution in [-0.2, 0) is 16.3 Å². The van der Waals surface area contributed by atoms with Crippen LogP contribution in [0.15, 0.2) is 24.3 Å². The van der Waals surface area contributed by atoms with Crippen LogP contribution < -0.4 is 5.32 Å². The zero-order valence-electron chi connectivity index (χ0n) is 11.0. The van der Waals surface area contributed by atoms with E-state index in [1.165, 1.54) is 17.4 Å². The van der Waals surface area contributed by atoms with Crippen molar-refractivity contribution in [2.75, 3.05) is 19.1 Å². The summed E-state index contributed by atoms with van der Waals surface area (Å²) in [6, 6.07) is 8.75. The molecule has 3 nitrogen and oxygen atoms in total. The Bertz CT molecular complexity index is 510. The molecule has 0 spiro atoms. The third kappa shape index (κ3) is 3.12. The van der Waals surface area contributed by atoms with E-state index in [2.05, 4.69) is 29.6 Å². The molecule has 0 fully saturated rings. The molecule has 0 aromatic heterocycles. The highest BCUT2D eigenvalue weighted by Crippen LogP contribution is 2.36. The average Bonchev–Trinajstić information content (AvgIpc) is 2.34. The van der Waals surface area contributed by atoms with Crippen LogP contribution in [0.5, 0.6) is 0 Å². The number of hydrogen-bond donors (Lipinski definition) is 1. The first-order valence-electron chi connectivity index (χ1n) is 6.44. The summed E-state index contributed by atoms with van der Waals surface area (Å²) in [6.07, 6.45) is 4.19. The predicted octanol–water partition coefficient (Wildman–Crippen LogP) is 1.94. The molecule has 2 unspecified atom stereocenters. The van der Waals surface area contributed by atoms with Crippen LogP contribution in [0.25, 0.3) is 0 Å². The van der Waals surface area contributed by atoms with Gasteiger partial charge in [-0.05, 0) is 43.4 Å². The SMILES string of the molecule is CNC1c2ccccc2CCC1CCS(C)(=O)=O. The molecule has 0 bridgehead atoms. The van der Waals surface area contributed by atoms with E-state index in [0.29, 0.717) is 5.92 Å². The van der Waals surface area contributed by atoms with Gasteiger partial charge >= 0.3 is 0 Å². The second-order valence-electron chi connectivity index (χ2n) is 5.18. The van der Waals surface area contributed by atoms with Crippen LogP contribution in [0.1, 0.15) is 30.0 Å². The Hall–Kier alpha value is -0.870. The van der Waals surface area contributed by atoms with Crippen LogP contribution in [0.4, 0.5) is 0 Å². The molecule has 1 aromatic rings. The molecule has 1 N–H and O–H groups in total. The first-order valence-corrected chi connectivity index (χ1v) is 8.50. The number of rotatable bonds is 4. The zero-order chi connectivity index (χ0) is 13.2. The molecule has 1 aliphatic rings. The van der Waals surface area contributed by atoms with Gasteiger partial charge < -0.3 is 5.32 Å². The van der Waals surface area contributed by atoms with E-state index in [4.69, 9.17) is 0 Å². The maximum Gasteiger partial charge on any atom is 0.147 e. The number of hydrogen-bond acceptors (Lipinski definition) is 3. The summed E-state index contributed by atoms with van der Waals surface area (Å²) in [5.41, 5.74) is 2.73. The number of nitrogens with one attached hydrogen (secondary N) is 1. The van der Waals surface area contributed by atoms with Gasteiger partial charge in [-0.15, -0.1) is 0 Å². The molecule has 0 amide bonds. The summed E-state index contributed by atoms with van der Waals surface area (Å²) in [4.78, 5) is 0. The van der Waals surface area contributed by atoms with Gasteiger partial charge in [0.1, 0.15) is 9.84 Å². The molecular formula is C14H21NO2S. The molecule has 1 aromatic carbocycles. The smallest absolute Gasteiger partial charge is 0.147 e. The van der Waals surface area contributed by atoms with Crippen LogP contribution >= 0.6 is 0 Å². The first-order chi connectivity index (χ1) is 8.51. The van der Waals surface area contributed by atoms with Crippen LogP contribution in [0, 0.1) is 5.92 Å². The molecule has 2 atom stereocenters. The van der Waals surface area contributed by atoms with Gasteiger partial charge in [0.2, 0.25) is 0 Å². The van der Waals surface area contributed by atoms with Crippen LogP contribution in [0.2, 0.25) is 0 Å². The monoisotopic (exact) mass is 267 g/mol. The maximum absolute atomic E-state index is 11.3. The van der Waals surface area contributed by atoms with Crippen LogP contribution in [0.3, 0.4) is 0 Å². The standard InChI is InChI=1S/C14H21NO2S/c1-15-14-12(9-10-18(2,16)17)8-7-11-5-3-4-6-13(11)14/h3-6,12,14-15H,7-10H2,1-2H3. The van der Waals surface area contributed by atoms with Crippen molar-refractivity contribution >= 4 is 9.84 Å². The maximum atomic E-state index is 11.3. The lowest BCUT2D eigenvalue weighted by Crippen LogP contribution is -2.31. The Labute approximate surface area is 110 Å². The number of sulfone groups is 1. The molecule has 0 radical (unpaired) electrons. The topological polar surface area (TPSA) is 46.2 Å². The van der Waals surface area contributed by atoms with Gasteiger partial charge in [0, 0.05) is 12.3 Å². The summed E-state index contributed by atoms with van der Waals surface area (Å²) in [5, 5.41) is 3.35. The van der Waals surface area contributed by atoms with E-state index in [0.717, 1.165) is 19.3 Å². The van der Waals surface area contributed by atoms with Crippen molar-refractivity contribution in [1.29, 1.82) is 0 Å². The summed E-state index contributed by atoms with van der Waals surface area (Å²) < 4.78 is 22.6. The third-order valence-corrected chi connectivity index (χ3v) is 4.79. The minimum Gasteiger partial charge on any atom is -0.313 e. The van der Waals surface area contributed by atoms with E-state index < -0.39 is 9.84 Å². The fourth-order valence-corrected chi connectivity index (χ4v) is 3.63. The Kier molecular flexibility index (Phi) is 4.07. The summed E-state index contributed by atoms with van der Waals surface area (Å²) >= 11 is 0. The quantitative estimate of drug-likeness (QED) is 0.907. The van der Waals surface area contributed by atoms with Crippen LogP contribution in [-0.4, -0.2) is 27.5 Å². The average molecular weight is 267 g/mol. The highest BCUT2D eigenvalue weighted by Gasteiger charge is 2.28. The second-order valence-corrected chi connectivity index (χ2v) is 7.44. The summed E-state index contributed by atoms with van der Waals surface area (Å²) in [6.45, 7) is 0. The molecule has 4 heteroatoms. The summed E-state index contributed by atoms with van der Waals surface area (Å²) in [7, 11) is -0.902. The van der Waals surface area contributed by atoms with Gasteiger partial charge in [-0.2, -0.15) is 0 Å². The van der Waals surface area contributed by atoms with Crippen molar-refractivity contribution in [2.45, 2.75) is 25.3 Å². The minimum absolute atomic E-state index is 0.289. The van der Waals surface area contributed by atoms with E-state index in [-0.39, 0.29) is 11.8 Å². The van der Waals surface area contributed by atoms with E-state index in [9.17, 15) is 8.42 Å². The first kappa shape index (κ1) is 13.6. The van der Waals surface area contributed by atoms with Crippen molar-refractivity contribution in [1.82, 2.24) is 5.32 Å². The third-order valence-electron chi connectivity index (χ3n) is 3.82. The lowest BCUT2D eigenvalue weighted by molar-refractivity contribution is 0.328. The molecule has 0 heterocycles. The fraction of sp³-hybridized carbons (Fsp3) is 0.571. The van der Waals surface area contributed by atoms with Crippen molar-refractivity contribution in [3.05, 3.63) is 35.4 Å². The largest absolute Gasteiger partial charge is 0.313 e. The van der Waals surface area contributed by atoms with Gasteiger partial charge in [0.25, 0.3) is 0 Å². The number of benzene rings is 1. The van der Waals surface area contributed by atoms with Gasteiger partial charge in [-0.25, -0.2) is 8.42 Å². The van der Waals surface area contributed by atoms with Gasteiger partial charge in [0.15, 0.2) is 0 Å². The van der Waals surface area contributed by atoms with E-state index in [1.807, 2.05) is 7.05 Å². The zero-order valence-corrected chi connectivity index (χ0v) is 11.8. The van der Waals surface area contributed by atoms with E-state index in [1.54, 1.807) is 0 Å².